The molecular formula is C5H6IO. The fraction of sp³-hybridized carbons (Fsp3) is 0.400. The van der Waals surface area contributed by atoms with Crippen molar-refractivity contribution in [2.24, 2.45) is 0 Å². The lowest BCUT2D eigenvalue weighted by atomic mass is 10.4. The van der Waals surface area contributed by atoms with E-state index >= 15 is 0 Å². The van der Waals surface area contributed by atoms with E-state index in [9.17, 15) is 0 Å². The van der Waals surface area contributed by atoms with Gasteiger partial charge in [0, 0.05) is 22.6 Å². The minimum absolute atomic E-state index is 0.0306. The van der Waals surface area contributed by atoms with Crippen molar-refractivity contribution in [1.82, 2.24) is 0 Å². The zero-order valence-electron chi connectivity index (χ0n) is 4.07. The zero-order valence-corrected chi connectivity index (χ0v) is 6.23. The topological polar surface area (TPSA) is 9.23 Å². The lowest BCUT2D eigenvalue weighted by molar-refractivity contribution is 0.205. The highest BCUT2D eigenvalue weighted by Crippen LogP contribution is 1.84. The summed E-state index contributed by atoms with van der Waals surface area (Å²) in [7, 11) is 3.20. The molecule has 0 aliphatic heterocycles. The average Bonchev–Trinajstić information content (AvgIpc) is 1.68. The van der Waals surface area contributed by atoms with Gasteiger partial charge in [-0.05, 0) is 10.9 Å². The second-order valence-corrected chi connectivity index (χ2v) is 1.59. The molecular weight excluding hydrogens is 203 g/mol. The summed E-state index contributed by atoms with van der Waals surface area (Å²) >= 11 is 1.96. The van der Waals surface area contributed by atoms with Gasteiger partial charge >= 0.3 is 0 Å². The van der Waals surface area contributed by atoms with E-state index in [0.29, 0.717) is 0 Å². The number of hydrogen-bond acceptors (Lipinski definition) is 1. The Kier molecular flexibility index (Phi) is 4.57. The van der Waals surface area contributed by atoms with Crippen LogP contribution in [0.4, 0.5) is 0 Å². The Labute approximate surface area is 57.6 Å². The second kappa shape index (κ2) is 4.41. The Balaban J connectivity index is 3.29. The van der Waals surface area contributed by atoms with Crippen LogP contribution in [0, 0.1) is 17.0 Å². The van der Waals surface area contributed by atoms with E-state index in [-0.39, 0.29) is 6.10 Å². The first-order chi connectivity index (χ1) is 3.31. The first-order valence-corrected chi connectivity index (χ1v) is 2.91. The molecule has 0 N–H and O–H groups in total. The monoisotopic (exact) mass is 209 g/mol. The van der Waals surface area contributed by atoms with Crippen molar-refractivity contribution in [1.29, 1.82) is 0 Å². The third kappa shape index (κ3) is 4.10. The number of ether oxygens (including phenoxy) is 1. The summed E-state index contributed by atoms with van der Waals surface area (Å²) in [5.41, 5.74) is 0. The molecule has 0 fully saturated rings. The van der Waals surface area contributed by atoms with Gasteiger partial charge in [0.15, 0.2) is 0 Å². The van der Waals surface area contributed by atoms with E-state index in [4.69, 9.17) is 0 Å². The second-order valence-electron chi connectivity index (χ2n) is 1.05. The van der Waals surface area contributed by atoms with Crippen LogP contribution in [0.25, 0.3) is 0 Å². The third-order valence-electron chi connectivity index (χ3n) is 0.508. The highest BCUT2D eigenvalue weighted by Gasteiger charge is 1.86. The summed E-state index contributed by atoms with van der Waals surface area (Å²) < 4.78 is 7.24. The first-order valence-electron chi connectivity index (χ1n) is 1.83. The molecule has 39 valence electrons. The molecule has 0 saturated carbocycles. The average molecular weight is 209 g/mol. The molecule has 0 aromatic carbocycles. The maximum atomic E-state index is 4.56. The minimum atomic E-state index is -0.0306. The Hall–Kier alpha value is 0.250. The van der Waals surface area contributed by atoms with Gasteiger partial charge in [-0.3, -0.25) is 0 Å². The molecule has 0 aliphatic rings. The van der Waals surface area contributed by atoms with Crippen LogP contribution in [0.2, 0.25) is 0 Å². The van der Waals surface area contributed by atoms with Crippen LogP contribution < -0.4 is 0 Å². The van der Waals surface area contributed by atoms with Crippen molar-refractivity contribution in [3.63, 3.8) is 0 Å². The van der Waals surface area contributed by atoms with E-state index in [1.807, 2.05) is 29.5 Å². The van der Waals surface area contributed by atoms with Gasteiger partial charge in [0.2, 0.25) is 0 Å². The molecule has 1 unspecified atom stereocenters. The maximum absolute atomic E-state index is 4.56. The summed E-state index contributed by atoms with van der Waals surface area (Å²) in [6.07, 6.45) is -0.0306. The lowest BCUT2D eigenvalue weighted by Gasteiger charge is -1.94. The van der Waals surface area contributed by atoms with Gasteiger partial charge in [-0.1, -0.05) is 5.92 Å². The first kappa shape index (κ1) is 7.25. The molecule has 2 heteroatoms. The quantitative estimate of drug-likeness (QED) is 0.470. The highest BCUT2D eigenvalue weighted by atomic mass is 127. The molecule has 0 amide bonds. The molecule has 0 heterocycles. The Bertz CT molecular complexity index is 90.0. The normalized spacial score (nSPS) is 11.9. The van der Waals surface area contributed by atoms with E-state index in [2.05, 4.69) is 21.7 Å². The van der Waals surface area contributed by atoms with Crippen molar-refractivity contribution < 1.29 is 4.74 Å². The fourth-order valence-corrected chi connectivity index (χ4v) is 0.557. The molecule has 0 bridgehead atoms. The van der Waals surface area contributed by atoms with Gasteiger partial charge in [0.25, 0.3) is 0 Å². The van der Waals surface area contributed by atoms with Crippen LogP contribution in [0.5, 0.6) is 0 Å². The van der Waals surface area contributed by atoms with Gasteiger partial charge in [0.05, 0.1) is 7.11 Å². The van der Waals surface area contributed by atoms with E-state index < -0.39 is 0 Å². The van der Waals surface area contributed by atoms with Crippen molar-refractivity contribution in [2.75, 3.05) is 0 Å². The maximum Gasteiger partial charge on any atom is 0.116 e. The van der Waals surface area contributed by atoms with Crippen molar-refractivity contribution in [3.05, 3.63) is 7.11 Å². The standard InChI is InChI=1S/C5H6IO/c1-5(7-2)3-4-6/h5H,2H2,1H3. The van der Waals surface area contributed by atoms with E-state index in [0.717, 1.165) is 0 Å². The summed E-state index contributed by atoms with van der Waals surface area (Å²) in [5, 5.41) is 0. The Morgan fingerprint density at radius 3 is 2.57 bits per heavy atom. The van der Waals surface area contributed by atoms with Crippen molar-refractivity contribution >= 4 is 22.6 Å². The molecule has 0 saturated heterocycles. The predicted molar refractivity (Wildman–Crippen MR) is 37.7 cm³/mol. The molecule has 7 heavy (non-hydrogen) atoms. The molecule has 0 aromatic rings. The third-order valence-corrected chi connectivity index (χ3v) is 0.819. The number of halogens is 1. The zero-order chi connectivity index (χ0) is 5.70. The van der Waals surface area contributed by atoms with Crippen LogP contribution in [-0.2, 0) is 4.74 Å². The van der Waals surface area contributed by atoms with Gasteiger partial charge < -0.3 is 4.74 Å². The molecule has 0 rings (SSSR count). The Morgan fingerprint density at radius 1 is 1.86 bits per heavy atom. The van der Waals surface area contributed by atoms with Crippen molar-refractivity contribution in [3.8, 4) is 9.85 Å². The molecule has 1 radical (unpaired) electrons. The van der Waals surface area contributed by atoms with E-state index in [1.165, 1.54) is 0 Å². The summed E-state index contributed by atoms with van der Waals surface area (Å²) in [5.74, 6) is 2.75. The predicted octanol–water partition coefficient (Wildman–Crippen LogP) is 1.58. The van der Waals surface area contributed by atoms with Crippen LogP contribution in [0.1, 0.15) is 6.92 Å². The van der Waals surface area contributed by atoms with E-state index in [1.54, 1.807) is 0 Å². The number of rotatable bonds is 1. The Morgan fingerprint density at radius 2 is 2.43 bits per heavy atom. The lowest BCUT2D eigenvalue weighted by Crippen LogP contribution is -1.96. The van der Waals surface area contributed by atoms with Crippen LogP contribution in [-0.4, -0.2) is 6.10 Å². The number of hydrogen-bond donors (Lipinski definition) is 0. The molecule has 0 aromatic heterocycles. The summed E-state index contributed by atoms with van der Waals surface area (Å²) in [6, 6.07) is 0. The van der Waals surface area contributed by atoms with Gasteiger partial charge in [0.1, 0.15) is 6.10 Å². The largest absolute Gasteiger partial charge is 0.363 e. The van der Waals surface area contributed by atoms with Crippen LogP contribution in [0.3, 0.4) is 0 Å². The van der Waals surface area contributed by atoms with Gasteiger partial charge in [-0.15, -0.1) is 0 Å². The fourth-order valence-electron chi connectivity index (χ4n) is 0.118. The van der Waals surface area contributed by atoms with Gasteiger partial charge in [-0.25, -0.2) is 0 Å². The molecule has 0 spiro atoms. The molecule has 1 atom stereocenters. The van der Waals surface area contributed by atoms with Crippen LogP contribution >= 0.6 is 22.6 Å². The summed E-state index contributed by atoms with van der Waals surface area (Å²) in [4.78, 5) is 0. The van der Waals surface area contributed by atoms with Gasteiger partial charge in [-0.2, -0.15) is 0 Å². The minimum Gasteiger partial charge on any atom is -0.363 e. The van der Waals surface area contributed by atoms with Crippen LogP contribution in [0.15, 0.2) is 0 Å². The summed E-state index contributed by atoms with van der Waals surface area (Å²) in [6.45, 7) is 1.85. The SMILES string of the molecule is [CH2]OC(C)C#CI. The highest BCUT2D eigenvalue weighted by molar-refractivity contribution is 14.1. The smallest absolute Gasteiger partial charge is 0.116 e. The van der Waals surface area contributed by atoms with Crippen molar-refractivity contribution in [2.45, 2.75) is 13.0 Å². The molecule has 1 nitrogen and oxygen atoms in total. The molecule has 0 aliphatic carbocycles.